The van der Waals surface area contributed by atoms with E-state index in [4.69, 9.17) is 9.26 Å². The van der Waals surface area contributed by atoms with Gasteiger partial charge in [0.1, 0.15) is 12.4 Å². The van der Waals surface area contributed by atoms with Crippen molar-refractivity contribution in [1.82, 2.24) is 10.5 Å². The van der Waals surface area contributed by atoms with Crippen LogP contribution in [0, 0.1) is 13.8 Å². The first kappa shape index (κ1) is 15.9. The summed E-state index contributed by atoms with van der Waals surface area (Å²) in [6.07, 6.45) is -0.380. The Labute approximate surface area is 138 Å². The second-order valence-corrected chi connectivity index (χ2v) is 5.43. The molecule has 0 aliphatic carbocycles. The summed E-state index contributed by atoms with van der Waals surface area (Å²) in [5.41, 5.74) is 2.88. The number of anilines is 2. The highest BCUT2D eigenvalue weighted by Gasteiger charge is 2.23. The van der Waals surface area contributed by atoms with E-state index in [0.29, 0.717) is 36.8 Å². The van der Waals surface area contributed by atoms with Gasteiger partial charge in [0.05, 0.1) is 12.2 Å². The molecule has 0 radical (unpaired) electrons. The molecule has 0 unspecified atom stereocenters. The Morgan fingerprint density at radius 1 is 1.38 bits per heavy atom. The maximum Gasteiger partial charge on any atom is 0.414 e. The minimum atomic E-state index is -0.380. The number of rotatable bonds is 4. The Morgan fingerprint density at radius 2 is 2.21 bits per heavy atom. The quantitative estimate of drug-likeness (QED) is 0.898. The Kier molecular flexibility index (Phi) is 4.37. The number of amides is 3. The summed E-state index contributed by atoms with van der Waals surface area (Å²) in [6.45, 7) is 4.82. The van der Waals surface area contributed by atoms with Gasteiger partial charge in [0.25, 0.3) is 0 Å². The van der Waals surface area contributed by atoms with Crippen molar-refractivity contribution in [3.05, 3.63) is 41.3 Å². The maximum absolute atomic E-state index is 12.0. The fourth-order valence-corrected chi connectivity index (χ4v) is 2.48. The third kappa shape index (κ3) is 3.32. The van der Waals surface area contributed by atoms with Gasteiger partial charge in [-0.2, -0.15) is 0 Å². The topological polar surface area (TPSA) is 96.7 Å². The number of nitrogens with one attached hydrogen (secondary N) is 2. The molecule has 2 aromatic rings. The zero-order chi connectivity index (χ0) is 17.1. The Morgan fingerprint density at radius 3 is 2.88 bits per heavy atom. The van der Waals surface area contributed by atoms with Gasteiger partial charge < -0.3 is 19.9 Å². The van der Waals surface area contributed by atoms with Gasteiger partial charge >= 0.3 is 12.1 Å². The highest BCUT2D eigenvalue weighted by molar-refractivity contribution is 5.93. The highest BCUT2D eigenvalue weighted by atomic mass is 16.6. The molecule has 1 aromatic heterocycles. The van der Waals surface area contributed by atoms with E-state index in [-0.39, 0.29) is 12.1 Å². The van der Waals surface area contributed by atoms with Crippen molar-refractivity contribution in [1.29, 1.82) is 0 Å². The number of hydrogen-bond acceptors (Lipinski definition) is 5. The van der Waals surface area contributed by atoms with Gasteiger partial charge in [-0.3, -0.25) is 4.90 Å². The van der Waals surface area contributed by atoms with Crippen molar-refractivity contribution in [2.45, 2.75) is 20.4 Å². The molecule has 2 heterocycles. The predicted octanol–water partition coefficient (Wildman–Crippen LogP) is 2.57. The zero-order valence-corrected chi connectivity index (χ0v) is 13.5. The van der Waals surface area contributed by atoms with E-state index in [1.807, 2.05) is 6.92 Å². The number of cyclic esters (lactones) is 1. The first-order chi connectivity index (χ1) is 11.5. The molecule has 0 atom stereocenters. The lowest BCUT2D eigenvalue weighted by molar-refractivity contribution is 0.181. The Hall–Kier alpha value is -3.03. The van der Waals surface area contributed by atoms with Crippen LogP contribution in [0.15, 0.2) is 28.8 Å². The van der Waals surface area contributed by atoms with Crippen LogP contribution in [-0.2, 0) is 11.3 Å². The van der Waals surface area contributed by atoms with Crippen molar-refractivity contribution in [3.8, 4) is 0 Å². The third-order valence-corrected chi connectivity index (χ3v) is 3.78. The molecule has 1 fully saturated rings. The number of aromatic nitrogens is 1. The van der Waals surface area contributed by atoms with Gasteiger partial charge in [-0.1, -0.05) is 11.2 Å². The summed E-state index contributed by atoms with van der Waals surface area (Å²) in [4.78, 5) is 25.2. The van der Waals surface area contributed by atoms with Gasteiger partial charge in [0.2, 0.25) is 0 Å². The summed E-state index contributed by atoms with van der Waals surface area (Å²) in [5.74, 6) is 0.683. The third-order valence-electron chi connectivity index (χ3n) is 3.78. The molecule has 0 spiro atoms. The molecule has 8 nitrogen and oxygen atoms in total. The molecular weight excluding hydrogens is 312 g/mol. The summed E-state index contributed by atoms with van der Waals surface area (Å²) in [5, 5.41) is 9.34. The number of nitrogens with zero attached hydrogens (tertiary/aromatic N) is 2. The molecule has 0 bridgehead atoms. The first-order valence-corrected chi connectivity index (χ1v) is 7.55. The highest BCUT2D eigenvalue weighted by Crippen LogP contribution is 2.22. The van der Waals surface area contributed by atoms with Crippen LogP contribution in [0.4, 0.5) is 21.0 Å². The number of carbonyl (C=O) groups is 2. The van der Waals surface area contributed by atoms with Gasteiger partial charge in [-0.05, 0) is 32.0 Å². The first-order valence-electron chi connectivity index (χ1n) is 7.55. The van der Waals surface area contributed by atoms with Crippen LogP contribution in [-0.4, -0.2) is 30.4 Å². The van der Waals surface area contributed by atoms with Gasteiger partial charge in [-0.15, -0.1) is 0 Å². The van der Waals surface area contributed by atoms with E-state index in [1.165, 1.54) is 4.90 Å². The Bertz CT molecular complexity index is 752. The molecule has 24 heavy (non-hydrogen) atoms. The number of hydrogen-bond donors (Lipinski definition) is 2. The predicted molar refractivity (Wildman–Crippen MR) is 87.0 cm³/mol. The summed E-state index contributed by atoms with van der Waals surface area (Å²) < 4.78 is 9.97. The molecule has 1 saturated heterocycles. The molecule has 1 aliphatic rings. The number of ether oxygens (including phenoxy) is 1. The van der Waals surface area contributed by atoms with Crippen molar-refractivity contribution in [3.63, 3.8) is 0 Å². The van der Waals surface area contributed by atoms with Crippen LogP contribution >= 0.6 is 0 Å². The van der Waals surface area contributed by atoms with Gasteiger partial charge in [0.15, 0.2) is 0 Å². The smallest absolute Gasteiger partial charge is 0.414 e. The van der Waals surface area contributed by atoms with Crippen LogP contribution in [0.1, 0.15) is 17.0 Å². The van der Waals surface area contributed by atoms with Crippen LogP contribution in [0.5, 0.6) is 0 Å². The summed E-state index contributed by atoms with van der Waals surface area (Å²) in [7, 11) is 0. The molecule has 3 rings (SSSR count). The van der Waals surface area contributed by atoms with Gasteiger partial charge in [-0.25, -0.2) is 9.59 Å². The summed E-state index contributed by atoms with van der Waals surface area (Å²) >= 11 is 0. The van der Waals surface area contributed by atoms with E-state index in [0.717, 1.165) is 11.3 Å². The Balaban J connectivity index is 1.61. The second-order valence-electron chi connectivity index (χ2n) is 5.43. The maximum atomic E-state index is 12.0. The minimum Gasteiger partial charge on any atom is -0.447 e. The van der Waals surface area contributed by atoms with Crippen LogP contribution in [0.25, 0.3) is 0 Å². The van der Waals surface area contributed by atoms with Crippen molar-refractivity contribution < 1.29 is 18.8 Å². The zero-order valence-electron chi connectivity index (χ0n) is 13.5. The lowest BCUT2D eigenvalue weighted by atomic mass is 10.2. The molecule has 126 valence electrons. The minimum absolute atomic E-state index is 0.325. The van der Waals surface area contributed by atoms with Crippen LogP contribution < -0.4 is 15.5 Å². The average Bonchev–Trinajstić information content (AvgIpc) is 3.12. The average molecular weight is 330 g/mol. The van der Waals surface area contributed by atoms with E-state index in [1.54, 1.807) is 31.2 Å². The van der Waals surface area contributed by atoms with Crippen molar-refractivity contribution >= 4 is 23.5 Å². The van der Waals surface area contributed by atoms with Gasteiger partial charge in [0, 0.05) is 23.5 Å². The molecular formula is C16H18N4O4. The monoisotopic (exact) mass is 330 g/mol. The van der Waals surface area contributed by atoms with E-state index >= 15 is 0 Å². The van der Waals surface area contributed by atoms with Crippen molar-refractivity contribution in [2.24, 2.45) is 0 Å². The standard InChI is InChI=1S/C16H18N4O4/c1-10-14(11(2)24-19-10)9-17-15(21)18-12-4-3-5-13(8-12)20-6-7-23-16(20)22/h3-5,8H,6-7,9H2,1-2H3,(H2,17,18,21). The molecule has 1 aromatic carbocycles. The molecule has 3 amide bonds. The second kappa shape index (κ2) is 6.61. The number of carbonyl (C=O) groups excluding carboxylic acids is 2. The van der Waals surface area contributed by atoms with E-state index in [2.05, 4.69) is 15.8 Å². The van der Waals surface area contributed by atoms with E-state index < -0.39 is 0 Å². The number of aryl methyl sites for hydroxylation is 2. The largest absolute Gasteiger partial charge is 0.447 e. The molecule has 8 heteroatoms. The fraction of sp³-hybridized carbons (Fsp3) is 0.312. The van der Waals surface area contributed by atoms with Crippen LogP contribution in [0.3, 0.4) is 0 Å². The normalized spacial score (nSPS) is 13.8. The van der Waals surface area contributed by atoms with E-state index in [9.17, 15) is 9.59 Å². The molecule has 2 N–H and O–H groups in total. The fourth-order valence-electron chi connectivity index (χ4n) is 2.48. The lowest BCUT2D eigenvalue weighted by Gasteiger charge is -2.14. The van der Waals surface area contributed by atoms with Crippen LogP contribution in [0.2, 0.25) is 0 Å². The lowest BCUT2D eigenvalue weighted by Crippen LogP contribution is -2.29. The molecule has 0 saturated carbocycles. The molecule has 1 aliphatic heterocycles. The number of benzene rings is 1. The summed E-state index contributed by atoms with van der Waals surface area (Å²) in [6, 6.07) is 6.68. The number of urea groups is 1. The van der Waals surface area contributed by atoms with Crippen molar-refractivity contribution in [2.75, 3.05) is 23.4 Å². The SMILES string of the molecule is Cc1noc(C)c1CNC(=O)Nc1cccc(N2CCOC2=O)c1.